The van der Waals surface area contributed by atoms with Crippen molar-refractivity contribution < 1.29 is 10.0 Å². The standard InChI is InChI=1S/C11H15N3O3/c15-7-8-3-1-4-9(8)13-11-10(14(16)17)5-2-6-12-11/h2,5-6,8-9,15H,1,3-4,7H2,(H,12,13). The first-order valence-corrected chi connectivity index (χ1v) is 5.69. The zero-order valence-corrected chi connectivity index (χ0v) is 9.37. The third-order valence-corrected chi connectivity index (χ3v) is 3.20. The highest BCUT2D eigenvalue weighted by molar-refractivity contribution is 5.55. The lowest BCUT2D eigenvalue weighted by atomic mass is 10.1. The van der Waals surface area contributed by atoms with Crippen molar-refractivity contribution in [1.82, 2.24) is 4.98 Å². The van der Waals surface area contributed by atoms with Crippen molar-refractivity contribution in [3.05, 3.63) is 28.4 Å². The molecule has 2 unspecified atom stereocenters. The molecular formula is C11H15N3O3. The number of anilines is 1. The van der Waals surface area contributed by atoms with Gasteiger partial charge in [-0.3, -0.25) is 10.1 Å². The molecule has 2 atom stereocenters. The van der Waals surface area contributed by atoms with Crippen LogP contribution in [-0.4, -0.2) is 27.7 Å². The van der Waals surface area contributed by atoms with Crippen molar-refractivity contribution in [2.24, 2.45) is 5.92 Å². The van der Waals surface area contributed by atoms with Crippen LogP contribution >= 0.6 is 0 Å². The van der Waals surface area contributed by atoms with E-state index in [1.54, 1.807) is 6.07 Å². The molecule has 0 saturated heterocycles. The Morgan fingerprint density at radius 1 is 1.59 bits per heavy atom. The van der Waals surface area contributed by atoms with Crippen LogP contribution < -0.4 is 5.32 Å². The molecule has 0 aromatic carbocycles. The van der Waals surface area contributed by atoms with Crippen molar-refractivity contribution in [3.63, 3.8) is 0 Å². The molecule has 6 heteroatoms. The monoisotopic (exact) mass is 237 g/mol. The van der Waals surface area contributed by atoms with Gasteiger partial charge in [0.05, 0.1) is 4.92 Å². The molecule has 2 rings (SSSR count). The van der Waals surface area contributed by atoms with E-state index in [2.05, 4.69) is 10.3 Å². The Hall–Kier alpha value is -1.69. The Bertz CT molecular complexity index is 411. The fourth-order valence-electron chi connectivity index (χ4n) is 2.28. The minimum atomic E-state index is -0.446. The Labute approximate surface area is 98.8 Å². The molecule has 1 aliphatic rings. The highest BCUT2D eigenvalue weighted by Crippen LogP contribution is 2.30. The van der Waals surface area contributed by atoms with Gasteiger partial charge in [0, 0.05) is 30.8 Å². The van der Waals surface area contributed by atoms with E-state index in [9.17, 15) is 15.2 Å². The predicted molar refractivity (Wildman–Crippen MR) is 62.7 cm³/mol. The van der Waals surface area contributed by atoms with Crippen molar-refractivity contribution in [2.45, 2.75) is 25.3 Å². The van der Waals surface area contributed by atoms with Crippen molar-refractivity contribution in [3.8, 4) is 0 Å². The maximum absolute atomic E-state index is 10.8. The second-order valence-electron chi connectivity index (χ2n) is 4.25. The van der Waals surface area contributed by atoms with E-state index in [1.165, 1.54) is 12.3 Å². The predicted octanol–water partition coefficient (Wildman–Crippen LogP) is 1.56. The largest absolute Gasteiger partial charge is 0.396 e. The van der Waals surface area contributed by atoms with Crippen LogP contribution in [0.15, 0.2) is 18.3 Å². The van der Waals surface area contributed by atoms with Crippen LogP contribution in [0, 0.1) is 16.0 Å². The average Bonchev–Trinajstić information content (AvgIpc) is 2.77. The van der Waals surface area contributed by atoms with E-state index in [0.717, 1.165) is 19.3 Å². The maximum atomic E-state index is 10.8. The zero-order chi connectivity index (χ0) is 12.3. The topological polar surface area (TPSA) is 88.3 Å². The van der Waals surface area contributed by atoms with Gasteiger partial charge in [0.1, 0.15) is 0 Å². The van der Waals surface area contributed by atoms with E-state index >= 15 is 0 Å². The van der Waals surface area contributed by atoms with Gasteiger partial charge in [0.25, 0.3) is 0 Å². The molecule has 1 aliphatic carbocycles. The molecule has 17 heavy (non-hydrogen) atoms. The lowest BCUT2D eigenvalue weighted by molar-refractivity contribution is -0.384. The SMILES string of the molecule is O=[N+]([O-])c1cccnc1NC1CCCC1CO. The molecule has 0 spiro atoms. The molecule has 0 radical (unpaired) electrons. The van der Waals surface area contributed by atoms with Crippen LogP contribution in [-0.2, 0) is 0 Å². The van der Waals surface area contributed by atoms with Crippen LogP contribution in [0.3, 0.4) is 0 Å². The third-order valence-electron chi connectivity index (χ3n) is 3.20. The van der Waals surface area contributed by atoms with Gasteiger partial charge >= 0.3 is 5.69 Å². The van der Waals surface area contributed by atoms with Gasteiger partial charge in [-0.05, 0) is 18.9 Å². The van der Waals surface area contributed by atoms with E-state index in [0.29, 0.717) is 5.82 Å². The molecule has 6 nitrogen and oxygen atoms in total. The Morgan fingerprint density at radius 3 is 3.12 bits per heavy atom. The fourth-order valence-corrected chi connectivity index (χ4v) is 2.28. The number of aromatic nitrogens is 1. The van der Waals surface area contributed by atoms with Gasteiger partial charge in [-0.25, -0.2) is 4.98 Å². The van der Waals surface area contributed by atoms with Crippen LogP contribution in [0.5, 0.6) is 0 Å². The molecule has 1 aromatic rings. The summed E-state index contributed by atoms with van der Waals surface area (Å²) in [7, 11) is 0. The molecule has 92 valence electrons. The molecule has 0 aliphatic heterocycles. The smallest absolute Gasteiger partial charge is 0.311 e. The molecule has 0 amide bonds. The lowest BCUT2D eigenvalue weighted by Crippen LogP contribution is -2.27. The highest BCUT2D eigenvalue weighted by atomic mass is 16.6. The van der Waals surface area contributed by atoms with E-state index in [4.69, 9.17) is 0 Å². The van der Waals surface area contributed by atoms with Gasteiger partial charge in [-0.1, -0.05) is 6.42 Å². The second-order valence-corrected chi connectivity index (χ2v) is 4.25. The molecule has 1 aromatic heterocycles. The maximum Gasteiger partial charge on any atom is 0.311 e. The Kier molecular flexibility index (Phi) is 3.53. The summed E-state index contributed by atoms with van der Waals surface area (Å²) in [6.07, 6.45) is 4.43. The van der Waals surface area contributed by atoms with Gasteiger partial charge in [0.15, 0.2) is 0 Å². The summed E-state index contributed by atoms with van der Waals surface area (Å²) in [4.78, 5) is 14.4. The summed E-state index contributed by atoms with van der Waals surface area (Å²) in [5.41, 5.74) is -0.0175. The molecule has 0 bridgehead atoms. The summed E-state index contributed by atoms with van der Waals surface area (Å²) >= 11 is 0. The van der Waals surface area contributed by atoms with E-state index < -0.39 is 4.92 Å². The van der Waals surface area contributed by atoms with E-state index in [1.807, 2.05) is 0 Å². The van der Waals surface area contributed by atoms with Crippen LogP contribution in [0.4, 0.5) is 11.5 Å². The number of hydrogen-bond donors (Lipinski definition) is 2. The first kappa shape index (κ1) is 11.8. The summed E-state index contributed by atoms with van der Waals surface area (Å²) in [6, 6.07) is 3.05. The van der Waals surface area contributed by atoms with Crippen molar-refractivity contribution in [2.75, 3.05) is 11.9 Å². The first-order chi connectivity index (χ1) is 8.22. The van der Waals surface area contributed by atoms with Crippen LogP contribution in [0.25, 0.3) is 0 Å². The molecular weight excluding hydrogens is 222 g/mol. The van der Waals surface area contributed by atoms with Gasteiger partial charge in [0.2, 0.25) is 5.82 Å². The van der Waals surface area contributed by atoms with Gasteiger partial charge in [-0.2, -0.15) is 0 Å². The van der Waals surface area contributed by atoms with Crippen LogP contribution in [0.1, 0.15) is 19.3 Å². The fraction of sp³-hybridized carbons (Fsp3) is 0.545. The number of aliphatic hydroxyl groups excluding tert-OH is 1. The number of nitro groups is 1. The van der Waals surface area contributed by atoms with Gasteiger partial charge in [-0.15, -0.1) is 0 Å². The van der Waals surface area contributed by atoms with Crippen molar-refractivity contribution in [1.29, 1.82) is 0 Å². The quantitative estimate of drug-likeness (QED) is 0.612. The van der Waals surface area contributed by atoms with Gasteiger partial charge < -0.3 is 10.4 Å². The number of aliphatic hydroxyl groups is 1. The summed E-state index contributed by atoms with van der Waals surface area (Å²) in [6.45, 7) is 0.109. The first-order valence-electron chi connectivity index (χ1n) is 5.69. The highest BCUT2D eigenvalue weighted by Gasteiger charge is 2.28. The minimum absolute atomic E-state index is 0.0175. The molecule has 1 saturated carbocycles. The van der Waals surface area contributed by atoms with Crippen LogP contribution in [0.2, 0.25) is 0 Å². The lowest BCUT2D eigenvalue weighted by Gasteiger charge is -2.19. The second kappa shape index (κ2) is 5.09. The molecule has 1 heterocycles. The molecule has 1 fully saturated rings. The number of nitrogens with zero attached hydrogens (tertiary/aromatic N) is 2. The number of pyridine rings is 1. The zero-order valence-electron chi connectivity index (χ0n) is 9.37. The van der Waals surface area contributed by atoms with E-state index in [-0.39, 0.29) is 24.3 Å². The average molecular weight is 237 g/mol. The third kappa shape index (κ3) is 2.52. The summed E-state index contributed by atoms with van der Waals surface area (Å²) in [5.74, 6) is 0.458. The minimum Gasteiger partial charge on any atom is -0.396 e. The normalized spacial score (nSPS) is 23.6. The Balaban J connectivity index is 2.15. The number of hydrogen-bond acceptors (Lipinski definition) is 5. The summed E-state index contributed by atoms with van der Waals surface area (Å²) < 4.78 is 0. The number of nitrogens with one attached hydrogen (secondary N) is 1. The Morgan fingerprint density at radius 2 is 2.41 bits per heavy atom. The molecule has 2 N–H and O–H groups in total. The van der Waals surface area contributed by atoms with Crippen molar-refractivity contribution >= 4 is 11.5 Å². The number of rotatable bonds is 4. The summed E-state index contributed by atoms with van der Waals surface area (Å²) in [5, 5.41) is 23.1.